The molecule has 1 fully saturated rings. The summed E-state index contributed by atoms with van der Waals surface area (Å²) in [6.45, 7) is 6.90. The van der Waals surface area contributed by atoms with E-state index >= 15 is 0 Å². The van der Waals surface area contributed by atoms with E-state index in [2.05, 4.69) is 12.2 Å². The first-order valence-electron chi connectivity index (χ1n) is 9.90. The van der Waals surface area contributed by atoms with Crippen LogP contribution in [0.25, 0.3) is 0 Å². The van der Waals surface area contributed by atoms with E-state index < -0.39 is 16.1 Å². The van der Waals surface area contributed by atoms with Crippen LogP contribution in [0.3, 0.4) is 0 Å². The number of benzene rings is 2. The Morgan fingerprint density at radius 3 is 2.24 bits per heavy atom. The Morgan fingerprint density at radius 2 is 1.66 bits per heavy atom. The summed E-state index contributed by atoms with van der Waals surface area (Å²) in [6.07, 6.45) is 1.08. The van der Waals surface area contributed by atoms with Crippen LogP contribution in [-0.2, 0) is 14.8 Å². The number of hydrogen-bond donors (Lipinski definition) is 1. The van der Waals surface area contributed by atoms with Crippen LogP contribution in [0.4, 0.5) is 5.69 Å². The van der Waals surface area contributed by atoms with Crippen LogP contribution < -0.4 is 10.1 Å². The molecule has 0 aromatic heterocycles. The number of nitrogens with zero attached hydrogens (tertiary/aromatic N) is 1. The molecule has 1 aliphatic heterocycles. The van der Waals surface area contributed by atoms with Crippen LogP contribution in [0.15, 0.2) is 53.4 Å². The molecule has 0 radical (unpaired) electrons. The van der Waals surface area contributed by atoms with Crippen LogP contribution in [0.2, 0.25) is 0 Å². The minimum Gasteiger partial charge on any atom is -0.481 e. The molecule has 1 N–H and O–H groups in total. The second-order valence-electron chi connectivity index (χ2n) is 7.67. The lowest BCUT2D eigenvalue weighted by Gasteiger charge is -2.29. The van der Waals surface area contributed by atoms with Crippen molar-refractivity contribution >= 4 is 21.6 Å². The molecule has 0 spiro atoms. The van der Waals surface area contributed by atoms with Gasteiger partial charge in [0.25, 0.3) is 5.91 Å². The lowest BCUT2D eigenvalue weighted by molar-refractivity contribution is -0.122. The number of amides is 1. The number of piperidine rings is 1. The fourth-order valence-corrected chi connectivity index (χ4v) is 4.67. The van der Waals surface area contributed by atoms with Crippen molar-refractivity contribution < 1.29 is 17.9 Å². The highest BCUT2D eigenvalue weighted by Gasteiger charge is 2.28. The van der Waals surface area contributed by atoms with Gasteiger partial charge in [0.15, 0.2) is 6.10 Å². The largest absolute Gasteiger partial charge is 0.481 e. The maximum atomic E-state index is 12.8. The van der Waals surface area contributed by atoms with Gasteiger partial charge >= 0.3 is 0 Å². The summed E-state index contributed by atoms with van der Waals surface area (Å²) in [5, 5.41) is 2.76. The molecule has 29 heavy (non-hydrogen) atoms. The summed E-state index contributed by atoms with van der Waals surface area (Å²) in [5.41, 5.74) is 1.64. The Bertz CT molecular complexity index is 932. The van der Waals surface area contributed by atoms with E-state index in [1.165, 1.54) is 16.4 Å². The van der Waals surface area contributed by atoms with E-state index in [9.17, 15) is 13.2 Å². The van der Waals surface area contributed by atoms with Gasteiger partial charge in [-0.25, -0.2) is 8.42 Å². The zero-order chi connectivity index (χ0) is 21.0. The van der Waals surface area contributed by atoms with Crippen molar-refractivity contribution in [2.45, 2.75) is 44.6 Å². The molecule has 1 saturated heterocycles. The predicted molar refractivity (Wildman–Crippen MR) is 113 cm³/mol. The normalized spacial score (nSPS) is 16.9. The van der Waals surface area contributed by atoms with E-state index in [1.807, 2.05) is 31.2 Å². The molecule has 0 aliphatic carbocycles. The highest BCUT2D eigenvalue weighted by atomic mass is 32.2. The molecule has 1 amide bonds. The molecule has 156 valence electrons. The maximum Gasteiger partial charge on any atom is 0.265 e. The Hall–Kier alpha value is -2.38. The zero-order valence-corrected chi connectivity index (χ0v) is 17.9. The van der Waals surface area contributed by atoms with Gasteiger partial charge in [-0.2, -0.15) is 4.31 Å². The first kappa shape index (κ1) is 21.3. The number of carbonyl (C=O) groups is 1. The smallest absolute Gasteiger partial charge is 0.265 e. The van der Waals surface area contributed by atoms with E-state index in [1.54, 1.807) is 19.1 Å². The second-order valence-corrected chi connectivity index (χ2v) is 9.61. The Balaban J connectivity index is 1.61. The number of carbonyl (C=O) groups excluding carboxylic acids is 1. The third-order valence-electron chi connectivity index (χ3n) is 5.21. The quantitative estimate of drug-likeness (QED) is 0.777. The number of anilines is 1. The van der Waals surface area contributed by atoms with Gasteiger partial charge in [0.2, 0.25) is 10.0 Å². The molecule has 1 atom stereocenters. The van der Waals surface area contributed by atoms with E-state index in [4.69, 9.17) is 4.74 Å². The summed E-state index contributed by atoms with van der Waals surface area (Å²) >= 11 is 0. The Kier molecular flexibility index (Phi) is 6.59. The number of nitrogens with one attached hydrogen (secondary N) is 1. The van der Waals surface area contributed by atoms with Gasteiger partial charge < -0.3 is 10.1 Å². The molecule has 0 bridgehead atoms. The third-order valence-corrected chi connectivity index (χ3v) is 7.12. The van der Waals surface area contributed by atoms with Crippen molar-refractivity contribution in [2.75, 3.05) is 18.4 Å². The molecule has 1 heterocycles. The summed E-state index contributed by atoms with van der Waals surface area (Å²) in [7, 11) is -3.50. The first-order chi connectivity index (χ1) is 13.8. The lowest BCUT2D eigenvalue weighted by Crippen LogP contribution is -2.37. The second kappa shape index (κ2) is 8.97. The Morgan fingerprint density at radius 1 is 1.07 bits per heavy atom. The van der Waals surface area contributed by atoms with Crippen LogP contribution in [0.1, 0.15) is 32.3 Å². The molecule has 6 nitrogen and oxygen atoms in total. The van der Waals surface area contributed by atoms with Crippen molar-refractivity contribution in [3.63, 3.8) is 0 Å². The van der Waals surface area contributed by atoms with Crippen molar-refractivity contribution in [1.82, 2.24) is 4.31 Å². The first-order valence-corrected chi connectivity index (χ1v) is 11.3. The summed E-state index contributed by atoms with van der Waals surface area (Å²) < 4.78 is 32.8. The minimum absolute atomic E-state index is 0.244. The molecule has 7 heteroatoms. The molecule has 1 aliphatic rings. The fraction of sp³-hybridized carbons (Fsp3) is 0.409. The van der Waals surface area contributed by atoms with Crippen molar-refractivity contribution in [2.24, 2.45) is 5.92 Å². The van der Waals surface area contributed by atoms with Crippen LogP contribution >= 0.6 is 0 Å². The number of sulfonamides is 1. The fourth-order valence-electron chi connectivity index (χ4n) is 3.20. The van der Waals surface area contributed by atoms with Crippen LogP contribution in [-0.4, -0.2) is 37.8 Å². The highest BCUT2D eigenvalue weighted by molar-refractivity contribution is 7.89. The summed E-state index contributed by atoms with van der Waals surface area (Å²) in [4.78, 5) is 12.6. The summed E-state index contributed by atoms with van der Waals surface area (Å²) in [6, 6.07) is 13.8. The lowest BCUT2D eigenvalue weighted by atomic mass is 10.0. The number of hydrogen-bond acceptors (Lipinski definition) is 4. The molecule has 2 aromatic carbocycles. The van der Waals surface area contributed by atoms with Gasteiger partial charge in [0, 0.05) is 18.8 Å². The van der Waals surface area contributed by atoms with Gasteiger partial charge in [0.1, 0.15) is 5.75 Å². The summed E-state index contributed by atoms with van der Waals surface area (Å²) in [5.74, 6) is 0.880. The SMILES string of the molecule is Cc1ccc(OC(C)C(=O)Nc2ccc(S(=O)(=O)N3CCC(C)CC3)cc2)cc1. The standard InChI is InChI=1S/C22H28N2O4S/c1-16-4-8-20(9-5-16)28-18(3)22(25)23-19-6-10-21(11-7-19)29(26,27)24-14-12-17(2)13-15-24/h4-11,17-18H,12-15H2,1-3H3,(H,23,25). The van der Waals surface area contributed by atoms with Gasteiger partial charge in [-0.3, -0.25) is 4.79 Å². The van der Waals surface area contributed by atoms with Crippen molar-refractivity contribution in [3.8, 4) is 5.75 Å². The van der Waals surface area contributed by atoms with Crippen LogP contribution in [0.5, 0.6) is 5.75 Å². The molecule has 3 rings (SSSR count). The van der Waals surface area contributed by atoms with Crippen molar-refractivity contribution in [3.05, 3.63) is 54.1 Å². The average Bonchev–Trinajstić information content (AvgIpc) is 2.70. The van der Waals surface area contributed by atoms with Gasteiger partial charge in [-0.1, -0.05) is 24.6 Å². The molecule has 1 unspecified atom stereocenters. The zero-order valence-electron chi connectivity index (χ0n) is 17.1. The number of rotatable bonds is 6. The maximum absolute atomic E-state index is 12.8. The number of aryl methyl sites for hydroxylation is 1. The molecule has 2 aromatic rings. The highest BCUT2D eigenvalue weighted by Crippen LogP contribution is 2.24. The molecule has 0 saturated carbocycles. The minimum atomic E-state index is -3.50. The third kappa shape index (κ3) is 5.36. The van der Waals surface area contributed by atoms with E-state index in [0.29, 0.717) is 30.4 Å². The van der Waals surface area contributed by atoms with Gasteiger partial charge in [0.05, 0.1) is 4.90 Å². The Labute approximate surface area is 172 Å². The molecular weight excluding hydrogens is 388 g/mol. The van der Waals surface area contributed by atoms with Gasteiger partial charge in [-0.05, 0) is 69.0 Å². The van der Waals surface area contributed by atoms with E-state index in [0.717, 1.165) is 18.4 Å². The monoisotopic (exact) mass is 416 g/mol. The average molecular weight is 417 g/mol. The topological polar surface area (TPSA) is 75.7 Å². The number of ether oxygens (including phenoxy) is 1. The predicted octanol–water partition coefficient (Wildman–Crippen LogP) is 3.82. The van der Waals surface area contributed by atoms with Crippen molar-refractivity contribution in [1.29, 1.82) is 0 Å². The van der Waals surface area contributed by atoms with Crippen LogP contribution in [0, 0.1) is 12.8 Å². The molecular formula is C22H28N2O4S. The van der Waals surface area contributed by atoms with E-state index in [-0.39, 0.29) is 10.8 Å². The van der Waals surface area contributed by atoms with Gasteiger partial charge in [-0.15, -0.1) is 0 Å².